The minimum absolute atomic E-state index is 0.255. The zero-order valence-corrected chi connectivity index (χ0v) is 19.5. The van der Waals surface area contributed by atoms with Crippen LogP contribution in [0.5, 0.6) is 17.2 Å². The number of amides is 1. The third-order valence-corrected chi connectivity index (χ3v) is 5.60. The van der Waals surface area contributed by atoms with Crippen LogP contribution in [0.2, 0.25) is 0 Å². The van der Waals surface area contributed by atoms with Crippen LogP contribution in [0.4, 0.5) is 20.2 Å². The van der Waals surface area contributed by atoms with Crippen molar-refractivity contribution in [2.75, 3.05) is 33.2 Å². The monoisotopic (exact) mass is 481 g/mol. The molecule has 4 aromatic rings. The smallest absolute Gasteiger partial charge is 0.253 e. The van der Waals surface area contributed by atoms with Crippen LogP contribution in [0.25, 0.3) is 10.9 Å². The topological polar surface area (TPSA) is 84.6 Å². The molecule has 9 heteroatoms. The SMILES string of the molecule is COc1cc(Nc2cc(F)ccc2C(=O)NCCc2c[nH]c3c(F)cccc23)cc(OC)c1OC. The van der Waals surface area contributed by atoms with Gasteiger partial charge < -0.3 is 29.8 Å². The zero-order valence-electron chi connectivity index (χ0n) is 19.5. The first-order chi connectivity index (χ1) is 16.9. The van der Waals surface area contributed by atoms with Crippen molar-refractivity contribution in [2.24, 2.45) is 0 Å². The van der Waals surface area contributed by atoms with Crippen molar-refractivity contribution in [1.82, 2.24) is 10.3 Å². The molecule has 0 spiro atoms. The van der Waals surface area contributed by atoms with E-state index in [4.69, 9.17) is 14.2 Å². The molecule has 1 amide bonds. The summed E-state index contributed by atoms with van der Waals surface area (Å²) in [6.07, 6.45) is 2.22. The molecule has 1 heterocycles. The molecular weight excluding hydrogens is 456 g/mol. The first-order valence-corrected chi connectivity index (χ1v) is 10.8. The van der Waals surface area contributed by atoms with E-state index in [0.717, 1.165) is 10.9 Å². The summed E-state index contributed by atoms with van der Waals surface area (Å²) < 4.78 is 44.0. The molecule has 0 radical (unpaired) electrons. The standard InChI is InChI=1S/C26H25F2N3O4/c1-33-22-12-17(13-23(34-2)25(22)35-3)31-21-11-16(27)7-8-19(21)26(32)29-10-9-15-14-30-24-18(15)5-4-6-20(24)28/h4-8,11-14,30-31H,9-10H2,1-3H3,(H,29,32). The van der Waals surface area contributed by atoms with Gasteiger partial charge in [0, 0.05) is 35.9 Å². The molecular formula is C26H25F2N3O4. The number of H-pyrrole nitrogens is 1. The summed E-state index contributed by atoms with van der Waals surface area (Å²) in [6, 6.07) is 12.0. The minimum Gasteiger partial charge on any atom is -0.493 e. The molecule has 0 aliphatic rings. The zero-order chi connectivity index (χ0) is 24.9. The van der Waals surface area contributed by atoms with Crippen molar-refractivity contribution in [1.29, 1.82) is 0 Å². The Morgan fingerprint density at radius 2 is 1.71 bits per heavy atom. The van der Waals surface area contributed by atoms with Crippen LogP contribution in [0.15, 0.2) is 54.7 Å². The summed E-state index contributed by atoms with van der Waals surface area (Å²) >= 11 is 0. The molecule has 0 unspecified atom stereocenters. The third-order valence-electron chi connectivity index (χ3n) is 5.60. The van der Waals surface area contributed by atoms with Crippen LogP contribution in [0.1, 0.15) is 15.9 Å². The van der Waals surface area contributed by atoms with Gasteiger partial charge >= 0.3 is 0 Å². The van der Waals surface area contributed by atoms with Gasteiger partial charge in [-0.2, -0.15) is 0 Å². The van der Waals surface area contributed by atoms with Gasteiger partial charge in [0.2, 0.25) is 5.75 Å². The lowest BCUT2D eigenvalue weighted by Gasteiger charge is -2.17. The molecule has 3 aromatic carbocycles. The van der Waals surface area contributed by atoms with E-state index in [1.54, 1.807) is 24.4 Å². The summed E-state index contributed by atoms with van der Waals surface area (Å²) in [7, 11) is 4.48. The van der Waals surface area contributed by atoms with Gasteiger partial charge in [-0.05, 0) is 36.2 Å². The highest BCUT2D eigenvalue weighted by molar-refractivity contribution is 6.00. The van der Waals surface area contributed by atoms with Gasteiger partial charge in [0.05, 0.1) is 38.1 Å². The lowest BCUT2D eigenvalue weighted by atomic mass is 10.1. The van der Waals surface area contributed by atoms with Gasteiger partial charge in [-0.1, -0.05) is 12.1 Å². The summed E-state index contributed by atoms with van der Waals surface area (Å²) in [4.78, 5) is 15.9. The largest absolute Gasteiger partial charge is 0.493 e. The average molecular weight is 481 g/mol. The van der Waals surface area contributed by atoms with Gasteiger partial charge in [-0.3, -0.25) is 4.79 Å². The van der Waals surface area contributed by atoms with Crippen LogP contribution in [-0.2, 0) is 6.42 Å². The molecule has 1 aromatic heterocycles. The number of methoxy groups -OCH3 is 3. The van der Waals surface area contributed by atoms with Crippen molar-refractivity contribution in [2.45, 2.75) is 6.42 Å². The fraction of sp³-hybridized carbons (Fsp3) is 0.192. The van der Waals surface area contributed by atoms with Crippen LogP contribution in [0, 0.1) is 11.6 Å². The van der Waals surface area contributed by atoms with E-state index >= 15 is 0 Å². The molecule has 0 aliphatic carbocycles. The summed E-state index contributed by atoms with van der Waals surface area (Å²) in [5.41, 5.74) is 2.36. The Balaban J connectivity index is 1.52. The number of hydrogen-bond donors (Lipinski definition) is 3. The number of para-hydroxylation sites is 1. The second-order valence-corrected chi connectivity index (χ2v) is 7.71. The van der Waals surface area contributed by atoms with E-state index in [1.807, 2.05) is 6.07 Å². The van der Waals surface area contributed by atoms with E-state index in [1.165, 1.54) is 45.6 Å². The maximum absolute atomic E-state index is 14.1. The van der Waals surface area contributed by atoms with E-state index in [2.05, 4.69) is 15.6 Å². The molecule has 182 valence electrons. The number of hydrogen-bond acceptors (Lipinski definition) is 5. The number of halogens is 2. The molecule has 35 heavy (non-hydrogen) atoms. The summed E-state index contributed by atoms with van der Waals surface area (Å²) in [6.45, 7) is 0.309. The second-order valence-electron chi connectivity index (χ2n) is 7.71. The quantitative estimate of drug-likeness (QED) is 0.307. The highest BCUT2D eigenvalue weighted by atomic mass is 19.1. The Morgan fingerprint density at radius 1 is 0.971 bits per heavy atom. The number of aromatic nitrogens is 1. The van der Waals surface area contributed by atoms with Gasteiger partial charge in [0.25, 0.3) is 5.91 Å². The molecule has 0 saturated heterocycles. The van der Waals surface area contributed by atoms with Gasteiger partial charge in [-0.25, -0.2) is 8.78 Å². The Morgan fingerprint density at radius 3 is 2.40 bits per heavy atom. The van der Waals surface area contributed by atoms with Crippen molar-refractivity contribution in [3.05, 3.63) is 77.5 Å². The van der Waals surface area contributed by atoms with E-state index < -0.39 is 5.82 Å². The predicted octanol–water partition coefficient (Wildman–Crippen LogP) is 5.19. The van der Waals surface area contributed by atoms with Crippen LogP contribution < -0.4 is 24.8 Å². The lowest BCUT2D eigenvalue weighted by Crippen LogP contribution is -2.26. The Hall–Kier alpha value is -4.27. The maximum Gasteiger partial charge on any atom is 0.253 e. The number of rotatable bonds is 9. The van der Waals surface area contributed by atoms with Crippen LogP contribution in [-0.4, -0.2) is 38.8 Å². The average Bonchev–Trinajstić information content (AvgIpc) is 3.27. The predicted molar refractivity (Wildman–Crippen MR) is 130 cm³/mol. The number of fused-ring (bicyclic) bond motifs is 1. The highest BCUT2D eigenvalue weighted by Gasteiger charge is 2.17. The fourth-order valence-corrected chi connectivity index (χ4v) is 3.91. The van der Waals surface area contributed by atoms with Crippen LogP contribution >= 0.6 is 0 Å². The lowest BCUT2D eigenvalue weighted by molar-refractivity contribution is 0.0955. The number of anilines is 2. The molecule has 0 saturated carbocycles. The number of benzene rings is 3. The molecule has 0 aliphatic heterocycles. The highest BCUT2D eigenvalue weighted by Crippen LogP contribution is 2.41. The van der Waals surface area contributed by atoms with Gasteiger partial charge in [-0.15, -0.1) is 0 Å². The number of aromatic amines is 1. The van der Waals surface area contributed by atoms with Gasteiger partial charge in [0.15, 0.2) is 11.5 Å². The van der Waals surface area contributed by atoms with Crippen molar-refractivity contribution < 1.29 is 27.8 Å². The third kappa shape index (κ3) is 4.98. The fourth-order valence-electron chi connectivity index (χ4n) is 3.91. The molecule has 0 bridgehead atoms. The van der Waals surface area contributed by atoms with E-state index in [0.29, 0.717) is 41.4 Å². The normalized spacial score (nSPS) is 10.8. The molecule has 7 nitrogen and oxygen atoms in total. The number of ether oxygens (including phenoxy) is 3. The second kappa shape index (κ2) is 10.3. The summed E-state index contributed by atoms with van der Waals surface area (Å²) in [5, 5.41) is 6.68. The first kappa shape index (κ1) is 23.9. The maximum atomic E-state index is 14.1. The first-order valence-electron chi connectivity index (χ1n) is 10.8. The number of carbonyl (C=O) groups excluding carboxylic acids is 1. The van der Waals surface area contributed by atoms with E-state index in [9.17, 15) is 13.6 Å². The van der Waals surface area contributed by atoms with Crippen LogP contribution in [0.3, 0.4) is 0 Å². The number of carbonyl (C=O) groups is 1. The molecule has 0 atom stereocenters. The Kier molecular flexibility index (Phi) is 7.05. The summed E-state index contributed by atoms with van der Waals surface area (Å²) in [5.74, 6) is 0.0173. The van der Waals surface area contributed by atoms with Crippen molar-refractivity contribution >= 4 is 28.2 Å². The van der Waals surface area contributed by atoms with Crippen molar-refractivity contribution in [3.63, 3.8) is 0 Å². The Bertz CT molecular complexity index is 1350. The molecule has 0 fully saturated rings. The number of nitrogens with one attached hydrogen (secondary N) is 3. The molecule has 4 rings (SSSR count). The van der Waals surface area contributed by atoms with Crippen molar-refractivity contribution in [3.8, 4) is 17.2 Å². The van der Waals surface area contributed by atoms with E-state index in [-0.39, 0.29) is 23.0 Å². The molecule has 3 N–H and O–H groups in total. The minimum atomic E-state index is -0.502. The van der Waals surface area contributed by atoms with Gasteiger partial charge in [0.1, 0.15) is 11.6 Å². The Labute approximate surface area is 201 Å².